The molecule has 2 unspecified atom stereocenters. The van der Waals surface area contributed by atoms with Crippen molar-refractivity contribution in [3.05, 3.63) is 33.9 Å². The van der Waals surface area contributed by atoms with E-state index in [0.717, 1.165) is 19.3 Å². The monoisotopic (exact) mass is 291 g/mol. The van der Waals surface area contributed by atoms with Crippen molar-refractivity contribution in [3.63, 3.8) is 0 Å². The molecule has 6 nitrogen and oxygen atoms in total. The van der Waals surface area contributed by atoms with Crippen molar-refractivity contribution in [3.8, 4) is 0 Å². The van der Waals surface area contributed by atoms with Crippen molar-refractivity contribution in [1.29, 1.82) is 0 Å². The molecule has 1 aliphatic carbocycles. The number of amides is 1. The summed E-state index contributed by atoms with van der Waals surface area (Å²) in [7, 11) is 0. The Morgan fingerprint density at radius 2 is 2.19 bits per heavy atom. The van der Waals surface area contributed by atoms with Crippen molar-refractivity contribution < 1.29 is 9.72 Å². The van der Waals surface area contributed by atoms with Crippen molar-refractivity contribution in [2.75, 3.05) is 11.9 Å². The summed E-state index contributed by atoms with van der Waals surface area (Å²) < 4.78 is 0. The van der Waals surface area contributed by atoms with Crippen molar-refractivity contribution in [2.45, 2.75) is 39.2 Å². The molecule has 6 heteroatoms. The molecule has 1 amide bonds. The van der Waals surface area contributed by atoms with Crippen LogP contribution in [0.15, 0.2) is 18.2 Å². The van der Waals surface area contributed by atoms with Crippen LogP contribution in [0.2, 0.25) is 0 Å². The molecule has 2 N–H and O–H groups in total. The standard InChI is InChI=1S/C15H21N3O3/c1-3-16-13-9-11(7-8-14(13)18(20)21)15(19)17-12-6-4-5-10(12)2/h7-10,12,16H,3-6H2,1-2H3,(H,17,19). The maximum Gasteiger partial charge on any atom is 0.292 e. The second-order valence-corrected chi connectivity index (χ2v) is 5.51. The quantitative estimate of drug-likeness (QED) is 0.645. The third-order valence-corrected chi connectivity index (χ3v) is 4.00. The number of anilines is 1. The van der Waals surface area contributed by atoms with Gasteiger partial charge in [0.15, 0.2) is 0 Å². The van der Waals surface area contributed by atoms with E-state index >= 15 is 0 Å². The van der Waals surface area contributed by atoms with E-state index in [0.29, 0.717) is 23.7 Å². The van der Waals surface area contributed by atoms with Crippen molar-refractivity contribution >= 4 is 17.3 Å². The van der Waals surface area contributed by atoms with Crippen LogP contribution in [0.4, 0.5) is 11.4 Å². The smallest absolute Gasteiger partial charge is 0.292 e. The van der Waals surface area contributed by atoms with Crippen LogP contribution in [0.5, 0.6) is 0 Å². The molecule has 0 spiro atoms. The molecule has 0 aromatic heterocycles. The zero-order chi connectivity index (χ0) is 15.4. The van der Waals surface area contributed by atoms with Crippen LogP contribution in [0.25, 0.3) is 0 Å². The van der Waals surface area contributed by atoms with E-state index < -0.39 is 4.92 Å². The Morgan fingerprint density at radius 1 is 1.43 bits per heavy atom. The van der Waals surface area contributed by atoms with Crippen LogP contribution in [-0.2, 0) is 0 Å². The minimum atomic E-state index is -0.446. The van der Waals surface area contributed by atoms with Crippen LogP contribution in [0.1, 0.15) is 43.5 Å². The zero-order valence-corrected chi connectivity index (χ0v) is 12.4. The summed E-state index contributed by atoms with van der Waals surface area (Å²) in [6.07, 6.45) is 3.27. The molecule has 0 aliphatic heterocycles. The highest BCUT2D eigenvalue weighted by atomic mass is 16.6. The number of benzene rings is 1. The van der Waals surface area contributed by atoms with Gasteiger partial charge in [-0.25, -0.2) is 0 Å². The lowest BCUT2D eigenvalue weighted by Gasteiger charge is -2.17. The number of nitrogens with zero attached hydrogens (tertiary/aromatic N) is 1. The van der Waals surface area contributed by atoms with E-state index in [1.54, 1.807) is 6.07 Å². The molecule has 1 fully saturated rings. The molecule has 1 saturated carbocycles. The first-order chi connectivity index (χ1) is 10.0. The number of rotatable bonds is 5. The van der Waals surface area contributed by atoms with E-state index in [-0.39, 0.29) is 17.6 Å². The number of carbonyl (C=O) groups excluding carboxylic acids is 1. The molecular weight excluding hydrogens is 270 g/mol. The molecule has 0 bridgehead atoms. The SMILES string of the molecule is CCNc1cc(C(=O)NC2CCCC2C)ccc1[N+](=O)[O-]. The molecule has 2 rings (SSSR count). The van der Waals surface area contributed by atoms with Gasteiger partial charge in [-0.1, -0.05) is 13.3 Å². The van der Waals surface area contributed by atoms with Gasteiger partial charge in [-0.3, -0.25) is 14.9 Å². The predicted octanol–water partition coefficient (Wildman–Crippen LogP) is 2.95. The minimum Gasteiger partial charge on any atom is -0.380 e. The summed E-state index contributed by atoms with van der Waals surface area (Å²) in [6.45, 7) is 4.56. The molecule has 1 aliphatic rings. The van der Waals surface area contributed by atoms with E-state index in [4.69, 9.17) is 0 Å². The molecule has 2 atom stereocenters. The van der Waals surface area contributed by atoms with Gasteiger partial charge < -0.3 is 10.6 Å². The Hall–Kier alpha value is -2.11. The Bertz CT molecular complexity index is 545. The number of nitro benzene ring substituents is 1. The van der Waals surface area contributed by atoms with Crippen molar-refractivity contribution in [1.82, 2.24) is 5.32 Å². The lowest BCUT2D eigenvalue weighted by Crippen LogP contribution is -2.36. The second-order valence-electron chi connectivity index (χ2n) is 5.51. The summed E-state index contributed by atoms with van der Waals surface area (Å²) in [5.74, 6) is 0.322. The molecule has 114 valence electrons. The molecular formula is C15H21N3O3. The van der Waals surface area contributed by atoms with Crippen LogP contribution < -0.4 is 10.6 Å². The highest BCUT2D eigenvalue weighted by molar-refractivity contribution is 5.96. The predicted molar refractivity (Wildman–Crippen MR) is 81.5 cm³/mol. The number of nitrogens with one attached hydrogen (secondary N) is 2. The fourth-order valence-electron chi connectivity index (χ4n) is 2.78. The fraction of sp³-hybridized carbons (Fsp3) is 0.533. The number of hydrogen-bond donors (Lipinski definition) is 2. The van der Waals surface area contributed by atoms with Gasteiger partial charge in [0.2, 0.25) is 0 Å². The molecule has 21 heavy (non-hydrogen) atoms. The van der Waals surface area contributed by atoms with Crippen LogP contribution in [-0.4, -0.2) is 23.4 Å². The molecule has 1 aromatic rings. The van der Waals surface area contributed by atoms with E-state index in [9.17, 15) is 14.9 Å². The Morgan fingerprint density at radius 3 is 2.76 bits per heavy atom. The first-order valence-corrected chi connectivity index (χ1v) is 7.36. The lowest BCUT2D eigenvalue weighted by atomic mass is 10.1. The van der Waals surface area contributed by atoms with E-state index in [2.05, 4.69) is 17.6 Å². The average Bonchev–Trinajstić information content (AvgIpc) is 2.84. The summed E-state index contributed by atoms with van der Waals surface area (Å²) in [5.41, 5.74) is 0.827. The third-order valence-electron chi connectivity index (χ3n) is 4.00. The minimum absolute atomic E-state index is 0.0114. The van der Waals surface area contributed by atoms with Gasteiger partial charge in [-0.2, -0.15) is 0 Å². The number of hydrogen-bond acceptors (Lipinski definition) is 4. The van der Waals surface area contributed by atoms with Gasteiger partial charge in [0.25, 0.3) is 11.6 Å². The lowest BCUT2D eigenvalue weighted by molar-refractivity contribution is -0.384. The molecule has 0 radical (unpaired) electrons. The van der Waals surface area contributed by atoms with Crippen molar-refractivity contribution in [2.24, 2.45) is 5.92 Å². The van der Waals surface area contributed by atoms with Gasteiger partial charge in [0.05, 0.1) is 4.92 Å². The highest BCUT2D eigenvalue weighted by Gasteiger charge is 2.25. The van der Waals surface area contributed by atoms with Gasteiger partial charge >= 0.3 is 0 Å². The fourth-order valence-corrected chi connectivity index (χ4v) is 2.78. The molecule has 1 aromatic carbocycles. The third kappa shape index (κ3) is 3.51. The van der Waals surface area contributed by atoms with Gasteiger partial charge in [0, 0.05) is 24.2 Å². The Balaban J connectivity index is 2.17. The van der Waals surface area contributed by atoms with Crippen LogP contribution in [0.3, 0.4) is 0 Å². The van der Waals surface area contributed by atoms with E-state index in [1.165, 1.54) is 12.1 Å². The van der Waals surface area contributed by atoms with Gasteiger partial charge in [-0.05, 0) is 37.8 Å². The van der Waals surface area contributed by atoms with Crippen LogP contribution in [0, 0.1) is 16.0 Å². The second kappa shape index (κ2) is 6.56. The summed E-state index contributed by atoms with van der Waals surface area (Å²) in [6, 6.07) is 4.64. The first-order valence-electron chi connectivity index (χ1n) is 7.36. The van der Waals surface area contributed by atoms with Gasteiger partial charge in [-0.15, -0.1) is 0 Å². The summed E-state index contributed by atoms with van der Waals surface area (Å²) in [5, 5.41) is 16.9. The summed E-state index contributed by atoms with van der Waals surface area (Å²) in [4.78, 5) is 22.8. The largest absolute Gasteiger partial charge is 0.380 e. The maximum atomic E-state index is 12.3. The Kier molecular flexibility index (Phi) is 4.77. The average molecular weight is 291 g/mol. The van der Waals surface area contributed by atoms with E-state index in [1.807, 2.05) is 6.92 Å². The normalized spacial score (nSPS) is 21.0. The zero-order valence-electron chi connectivity index (χ0n) is 12.4. The Labute approximate surface area is 124 Å². The molecule has 0 saturated heterocycles. The maximum absolute atomic E-state index is 12.3. The van der Waals surface area contributed by atoms with Gasteiger partial charge in [0.1, 0.15) is 5.69 Å². The molecule has 0 heterocycles. The number of nitro groups is 1. The van der Waals surface area contributed by atoms with Crippen LogP contribution >= 0.6 is 0 Å². The summed E-state index contributed by atoms with van der Waals surface area (Å²) >= 11 is 0. The number of carbonyl (C=O) groups is 1. The topological polar surface area (TPSA) is 84.3 Å². The highest BCUT2D eigenvalue weighted by Crippen LogP contribution is 2.27. The first kappa shape index (κ1) is 15.3.